The minimum Gasteiger partial charge on any atom is -0.385 e. The van der Waals surface area contributed by atoms with Crippen LogP contribution in [0, 0.1) is 12.1 Å². The molecule has 0 amide bonds. The largest absolute Gasteiger partial charge is 0.385 e. The number of hydrogen-bond donors (Lipinski definition) is 0. The topological polar surface area (TPSA) is 3.24 Å². The summed E-state index contributed by atoms with van der Waals surface area (Å²) in [5.41, 5.74) is 2.17. The van der Waals surface area contributed by atoms with Gasteiger partial charge in [0.2, 0.25) is 0 Å². The van der Waals surface area contributed by atoms with Gasteiger partial charge in [0.1, 0.15) is 0 Å². The van der Waals surface area contributed by atoms with Gasteiger partial charge in [-0.15, -0.1) is 12.1 Å². The molecule has 0 saturated carbocycles. The van der Waals surface area contributed by atoms with Gasteiger partial charge < -0.3 is 4.90 Å². The van der Waals surface area contributed by atoms with Crippen LogP contribution in [0.5, 0.6) is 0 Å². The zero-order valence-electron chi connectivity index (χ0n) is 10.2. The molecule has 0 bridgehead atoms. The summed E-state index contributed by atoms with van der Waals surface area (Å²) in [5, 5.41) is 0. The van der Waals surface area contributed by atoms with Crippen LogP contribution in [0.4, 0.5) is 11.4 Å². The third-order valence-electron chi connectivity index (χ3n) is 2.42. The Balaban J connectivity index is 0.00000144. The Morgan fingerprint density at radius 2 is 1.35 bits per heavy atom. The Hall–Kier alpha value is -0.656. The van der Waals surface area contributed by atoms with Crippen molar-refractivity contribution in [2.24, 2.45) is 0 Å². The third-order valence-corrected chi connectivity index (χ3v) is 2.42. The molecule has 0 N–H and O–H groups in total. The maximum Gasteiger partial charge on any atom is 0.0240 e. The van der Waals surface area contributed by atoms with Crippen molar-refractivity contribution in [2.45, 2.75) is 19.9 Å². The SMILES string of the molecule is CC(C)N(c1[c-]cccc1)c1[c-]cccc1.[Y]. The van der Waals surface area contributed by atoms with Gasteiger partial charge in [0.25, 0.3) is 0 Å². The van der Waals surface area contributed by atoms with E-state index in [0.29, 0.717) is 6.04 Å². The normalized spacial score (nSPS) is 9.82. The van der Waals surface area contributed by atoms with E-state index in [1.165, 1.54) is 0 Å². The van der Waals surface area contributed by atoms with Gasteiger partial charge in [0, 0.05) is 38.8 Å². The second-order valence-corrected chi connectivity index (χ2v) is 3.96. The van der Waals surface area contributed by atoms with Crippen LogP contribution < -0.4 is 4.90 Å². The molecule has 2 aromatic carbocycles. The van der Waals surface area contributed by atoms with Crippen molar-refractivity contribution in [3.8, 4) is 0 Å². The fourth-order valence-electron chi connectivity index (χ4n) is 1.75. The summed E-state index contributed by atoms with van der Waals surface area (Å²) in [6, 6.07) is 22.9. The van der Waals surface area contributed by atoms with Gasteiger partial charge in [-0.05, 0) is 13.8 Å². The smallest absolute Gasteiger partial charge is 0.0240 e. The van der Waals surface area contributed by atoms with E-state index in [-0.39, 0.29) is 32.7 Å². The van der Waals surface area contributed by atoms with Gasteiger partial charge >= 0.3 is 0 Å². The van der Waals surface area contributed by atoms with Crippen molar-refractivity contribution >= 4 is 11.4 Å². The second kappa shape index (κ2) is 6.93. The molecule has 85 valence electrons. The average Bonchev–Trinajstić information content (AvgIpc) is 2.31. The number of benzene rings is 2. The zero-order valence-corrected chi connectivity index (χ0v) is 13.1. The summed E-state index contributed by atoms with van der Waals surface area (Å²) in [5.74, 6) is 0. The molecule has 2 aromatic rings. The summed E-state index contributed by atoms with van der Waals surface area (Å²) >= 11 is 0. The van der Waals surface area contributed by atoms with Crippen LogP contribution >= 0.6 is 0 Å². The van der Waals surface area contributed by atoms with Crippen molar-refractivity contribution in [3.63, 3.8) is 0 Å². The van der Waals surface area contributed by atoms with E-state index < -0.39 is 0 Å². The van der Waals surface area contributed by atoms with Crippen LogP contribution in [0.15, 0.2) is 48.5 Å². The Morgan fingerprint density at radius 1 is 0.882 bits per heavy atom. The van der Waals surface area contributed by atoms with E-state index in [9.17, 15) is 0 Å². The molecular weight excluding hydrogens is 283 g/mol. The molecule has 0 fully saturated rings. The summed E-state index contributed by atoms with van der Waals surface area (Å²) in [4.78, 5) is 2.22. The molecular formula is C15H15NY-2. The molecule has 0 aliphatic heterocycles. The fraction of sp³-hybridized carbons (Fsp3) is 0.200. The van der Waals surface area contributed by atoms with Gasteiger partial charge in [-0.3, -0.25) is 0 Å². The third kappa shape index (κ3) is 3.65. The first-order valence-electron chi connectivity index (χ1n) is 5.51. The molecule has 1 radical (unpaired) electrons. The number of anilines is 2. The second-order valence-electron chi connectivity index (χ2n) is 3.96. The molecule has 0 aliphatic rings. The van der Waals surface area contributed by atoms with E-state index >= 15 is 0 Å². The van der Waals surface area contributed by atoms with Crippen LogP contribution in [0.1, 0.15) is 13.8 Å². The van der Waals surface area contributed by atoms with Crippen molar-refractivity contribution in [2.75, 3.05) is 4.90 Å². The fourth-order valence-corrected chi connectivity index (χ4v) is 1.75. The van der Waals surface area contributed by atoms with Crippen molar-refractivity contribution in [1.29, 1.82) is 0 Å². The predicted molar refractivity (Wildman–Crippen MR) is 67.8 cm³/mol. The van der Waals surface area contributed by atoms with Crippen LogP contribution in [-0.2, 0) is 32.7 Å². The molecule has 0 unspecified atom stereocenters. The molecule has 0 heterocycles. The number of para-hydroxylation sites is 2. The van der Waals surface area contributed by atoms with E-state index in [2.05, 4.69) is 43.0 Å². The Bertz CT molecular complexity index is 386. The molecule has 0 saturated heterocycles. The number of hydrogen-bond acceptors (Lipinski definition) is 1. The van der Waals surface area contributed by atoms with E-state index in [4.69, 9.17) is 0 Å². The van der Waals surface area contributed by atoms with Crippen LogP contribution in [0.25, 0.3) is 0 Å². The molecule has 2 heteroatoms. The maximum absolute atomic E-state index is 3.25. The Kier molecular flexibility index (Phi) is 5.87. The number of rotatable bonds is 3. The van der Waals surface area contributed by atoms with Crippen LogP contribution in [0.3, 0.4) is 0 Å². The Labute approximate surface area is 129 Å². The summed E-state index contributed by atoms with van der Waals surface area (Å²) in [6.45, 7) is 4.34. The first kappa shape index (κ1) is 14.4. The summed E-state index contributed by atoms with van der Waals surface area (Å²) < 4.78 is 0. The first-order valence-corrected chi connectivity index (χ1v) is 5.51. The minimum atomic E-state index is 0. The quantitative estimate of drug-likeness (QED) is 0.778. The van der Waals surface area contributed by atoms with Gasteiger partial charge in [0.15, 0.2) is 0 Å². The zero-order chi connectivity index (χ0) is 11.4. The standard InChI is InChI=1S/C15H15N.Y/c1-13(2)16(14-9-5-3-6-10-14)15-11-7-4-8-12-15;/h3-9,11,13H,1-2H3;/q-2;. The van der Waals surface area contributed by atoms with Gasteiger partial charge in [-0.1, -0.05) is 11.4 Å². The van der Waals surface area contributed by atoms with Crippen molar-refractivity contribution in [1.82, 2.24) is 0 Å². The van der Waals surface area contributed by atoms with Crippen molar-refractivity contribution in [3.05, 3.63) is 60.7 Å². The maximum atomic E-state index is 3.25. The van der Waals surface area contributed by atoms with Gasteiger partial charge in [-0.2, -0.15) is 48.5 Å². The molecule has 0 aliphatic carbocycles. The molecule has 0 atom stereocenters. The molecule has 1 nitrogen and oxygen atoms in total. The molecule has 0 aromatic heterocycles. The predicted octanol–water partition coefficient (Wildman–Crippen LogP) is 3.83. The van der Waals surface area contributed by atoms with Crippen molar-refractivity contribution < 1.29 is 32.7 Å². The van der Waals surface area contributed by atoms with Gasteiger partial charge in [0.05, 0.1) is 0 Å². The molecule has 0 spiro atoms. The summed E-state index contributed by atoms with van der Waals surface area (Å²) in [6.07, 6.45) is 0. The molecule has 2 rings (SSSR count). The van der Waals surface area contributed by atoms with E-state index in [0.717, 1.165) is 11.4 Å². The summed E-state index contributed by atoms with van der Waals surface area (Å²) in [7, 11) is 0. The molecule has 17 heavy (non-hydrogen) atoms. The average molecular weight is 298 g/mol. The van der Waals surface area contributed by atoms with E-state index in [1.807, 2.05) is 36.4 Å². The Morgan fingerprint density at radius 3 is 1.65 bits per heavy atom. The minimum absolute atomic E-state index is 0. The monoisotopic (exact) mass is 298 g/mol. The first-order chi connectivity index (χ1) is 7.79. The van der Waals surface area contributed by atoms with Crippen LogP contribution in [-0.4, -0.2) is 6.04 Å². The number of nitrogens with zero attached hydrogens (tertiary/aromatic N) is 1. The van der Waals surface area contributed by atoms with Crippen LogP contribution in [0.2, 0.25) is 0 Å². The van der Waals surface area contributed by atoms with E-state index in [1.54, 1.807) is 0 Å². The van der Waals surface area contributed by atoms with Gasteiger partial charge in [-0.25, -0.2) is 0 Å².